The first-order chi connectivity index (χ1) is 9.45. The number of carbonyl (C=O) groups excluding carboxylic acids is 2. The molecule has 0 unspecified atom stereocenters. The van der Waals surface area contributed by atoms with Gasteiger partial charge in [0.1, 0.15) is 6.04 Å². The second-order valence-corrected chi connectivity index (χ2v) is 5.45. The largest absolute Gasteiger partial charge is 0.353 e. The standard InChI is InChI=1S/C14H22N4O2/c1-5-11-13(19)15-6-7-18(11)14(20)10-8-12(9(2)3)17(4)16-10/h8-9,11H,5-7H2,1-4H3,(H,15,19)/t11-/m1/s1. The molecule has 0 spiro atoms. The zero-order valence-electron chi connectivity index (χ0n) is 12.5. The number of aromatic nitrogens is 2. The maximum atomic E-state index is 12.6. The molecule has 2 heterocycles. The monoisotopic (exact) mass is 278 g/mol. The number of amides is 2. The normalized spacial score (nSPS) is 19.4. The summed E-state index contributed by atoms with van der Waals surface area (Å²) in [6.45, 7) is 7.08. The average Bonchev–Trinajstić information content (AvgIpc) is 2.80. The third-order valence-corrected chi connectivity index (χ3v) is 3.71. The fourth-order valence-corrected chi connectivity index (χ4v) is 2.64. The van der Waals surface area contributed by atoms with Crippen LogP contribution >= 0.6 is 0 Å². The summed E-state index contributed by atoms with van der Waals surface area (Å²) >= 11 is 0. The first-order valence-electron chi connectivity index (χ1n) is 7.08. The molecule has 1 atom stereocenters. The van der Waals surface area contributed by atoms with Gasteiger partial charge in [-0.3, -0.25) is 14.3 Å². The molecule has 0 radical (unpaired) electrons. The lowest BCUT2D eigenvalue weighted by molar-refractivity contribution is -0.127. The zero-order valence-corrected chi connectivity index (χ0v) is 12.5. The van der Waals surface area contributed by atoms with Gasteiger partial charge < -0.3 is 10.2 Å². The fourth-order valence-electron chi connectivity index (χ4n) is 2.64. The van der Waals surface area contributed by atoms with Crippen molar-refractivity contribution < 1.29 is 9.59 Å². The molecule has 2 amide bonds. The predicted octanol–water partition coefficient (Wildman–Crippen LogP) is 0.894. The molecule has 1 aromatic heterocycles. The van der Waals surface area contributed by atoms with Gasteiger partial charge in [-0.05, 0) is 18.4 Å². The van der Waals surface area contributed by atoms with Gasteiger partial charge in [-0.25, -0.2) is 0 Å². The summed E-state index contributed by atoms with van der Waals surface area (Å²) in [5.74, 6) is 0.0713. The van der Waals surface area contributed by atoms with Crippen LogP contribution in [0.15, 0.2) is 6.07 Å². The van der Waals surface area contributed by atoms with Gasteiger partial charge in [-0.2, -0.15) is 5.10 Å². The Labute approximate surface area is 119 Å². The van der Waals surface area contributed by atoms with E-state index < -0.39 is 0 Å². The lowest BCUT2D eigenvalue weighted by atomic mass is 10.1. The number of rotatable bonds is 3. The topological polar surface area (TPSA) is 67.2 Å². The number of piperazine rings is 1. The van der Waals surface area contributed by atoms with E-state index >= 15 is 0 Å². The van der Waals surface area contributed by atoms with E-state index in [2.05, 4.69) is 24.3 Å². The van der Waals surface area contributed by atoms with Gasteiger partial charge in [0.05, 0.1) is 0 Å². The maximum absolute atomic E-state index is 12.6. The minimum Gasteiger partial charge on any atom is -0.353 e. The Balaban J connectivity index is 2.26. The summed E-state index contributed by atoms with van der Waals surface area (Å²) in [6, 6.07) is 1.44. The smallest absolute Gasteiger partial charge is 0.275 e. The van der Waals surface area contributed by atoms with Crippen LogP contribution < -0.4 is 5.32 Å². The van der Waals surface area contributed by atoms with E-state index in [9.17, 15) is 9.59 Å². The first kappa shape index (κ1) is 14.6. The van der Waals surface area contributed by atoms with Crippen molar-refractivity contribution in [1.29, 1.82) is 0 Å². The number of carbonyl (C=O) groups is 2. The van der Waals surface area contributed by atoms with Crippen molar-refractivity contribution in [2.75, 3.05) is 13.1 Å². The fraction of sp³-hybridized carbons (Fsp3) is 0.643. The number of hydrogen-bond donors (Lipinski definition) is 1. The van der Waals surface area contributed by atoms with Gasteiger partial charge in [0, 0.05) is 25.8 Å². The molecule has 6 heteroatoms. The summed E-state index contributed by atoms with van der Waals surface area (Å²) in [7, 11) is 1.84. The first-order valence-corrected chi connectivity index (χ1v) is 7.08. The minimum atomic E-state index is -0.388. The van der Waals surface area contributed by atoms with Crippen LogP contribution in [-0.2, 0) is 11.8 Å². The van der Waals surface area contributed by atoms with Crippen molar-refractivity contribution in [2.45, 2.75) is 39.2 Å². The summed E-state index contributed by atoms with van der Waals surface area (Å²) in [5.41, 5.74) is 1.44. The molecule has 1 aliphatic rings. The van der Waals surface area contributed by atoms with Crippen molar-refractivity contribution in [3.63, 3.8) is 0 Å². The molecule has 0 aromatic carbocycles. The predicted molar refractivity (Wildman–Crippen MR) is 75.4 cm³/mol. The third-order valence-electron chi connectivity index (χ3n) is 3.71. The molecule has 1 aliphatic heterocycles. The molecular formula is C14H22N4O2. The van der Waals surface area contributed by atoms with Crippen LogP contribution in [0.3, 0.4) is 0 Å². The molecule has 1 N–H and O–H groups in total. The lowest BCUT2D eigenvalue weighted by Crippen LogP contribution is -2.57. The van der Waals surface area contributed by atoms with Crippen LogP contribution in [-0.4, -0.2) is 45.6 Å². The Hall–Kier alpha value is -1.85. The van der Waals surface area contributed by atoms with E-state index in [4.69, 9.17) is 0 Å². The van der Waals surface area contributed by atoms with Gasteiger partial charge in [-0.15, -0.1) is 0 Å². The molecule has 2 rings (SSSR count). The molecule has 1 aromatic rings. The second kappa shape index (κ2) is 5.64. The molecule has 0 bridgehead atoms. The van der Waals surface area contributed by atoms with Crippen molar-refractivity contribution in [3.05, 3.63) is 17.5 Å². The molecule has 1 fully saturated rings. The minimum absolute atomic E-state index is 0.0767. The molecule has 110 valence electrons. The van der Waals surface area contributed by atoms with Crippen molar-refractivity contribution in [3.8, 4) is 0 Å². The number of hydrogen-bond acceptors (Lipinski definition) is 3. The highest BCUT2D eigenvalue weighted by Gasteiger charge is 2.33. The lowest BCUT2D eigenvalue weighted by Gasteiger charge is -2.33. The van der Waals surface area contributed by atoms with Crippen LogP contribution in [0.4, 0.5) is 0 Å². The van der Waals surface area contributed by atoms with Crippen LogP contribution in [0.25, 0.3) is 0 Å². The molecule has 0 aliphatic carbocycles. The van der Waals surface area contributed by atoms with Crippen molar-refractivity contribution in [1.82, 2.24) is 20.0 Å². The van der Waals surface area contributed by atoms with E-state index in [0.717, 1.165) is 5.69 Å². The van der Waals surface area contributed by atoms with Crippen LogP contribution in [0.5, 0.6) is 0 Å². The molecule has 1 saturated heterocycles. The quantitative estimate of drug-likeness (QED) is 0.893. The number of aryl methyl sites for hydroxylation is 1. The highest BCUT2D eigenvalue weighted by Crippen LogP contribution is 2.18. The Morgan fingerprint density at radius 1 is 1.55 bits per heavy atom. The van der Waals surface area contributed by atoms with Crippen LogP contribution in [0.1, 0.15) is 49.3 Å². The third kappa shape index (κ3) is 2.55. The van der Waals surface area contributed by atoms with Crippen LogP contribution in [0.2, 0.25) is 0 Å². The van der Waals surface area contributed by atoms with Crippen molar-refractivity contribution in [2.24, 2.45) is 7.05 Å². The second-order valence-electron chi connectivity index (χ2n) is 5.45. The van der Waals surface area contributed by atoms with Crippen LogP contribution in [0, 0.1) is 0 Å². The van der Waals surface area contributed by atoms with E-state index in [0.29, 0.717) is 31.1 Å². The summed E-state index contributed by atoms with van der Waals surface area (Å²) in [6.07, 6.45) is 0.613. The SMILES string of the molecule is CC[C@@H]1C(=O)NCCN1C(=O)c1cc(C(C)C)n(C)n1. The van der Waals surface area contributed by atoms with Gasteiger partial charge in [0.2, 0.25) is 5.91 Å². The Bertz CT molecular complexity index is 521. The summed E-state index contributed by atoms with van der Waals surface area (Å²) in [4.78, 5) is 26.0. The average molecular weight is 278 g/mol. The van der Waals surface area contributed by atoms with Gasteiger partial charge >= 0.3 is 0 Å². The molecule has 20 heavy (non-hydrogen) atoms. The van der Waals surface area contributed by atoms with E-state index in [-0.39, 0.29) is 17.9 Å². The summed E-state index contributed by atoms with van der Waals surface area (Å²) in [5, 5.41) is 7.09. The molecule has 0 saturated carbocycles. The Morgan fingerprint density at radius 3 is 2.80 bits per heavy atom. The highest BCUT2D eigenvalue weighted by atomic mass is 16.2. The zero-order chi connectivity index (χ0) is 14.9. The van der Waals surface area contributed by atoms with E-state index in [1.54, 1.807) is 9.58 Å². The maximum Gasteiger partial charge on any atom is 0.275 e. The van der Waals surface area contributed by atoms with Gasteiger partial charge in [0.25, 0.3) is 5.91 Å². The highest BCUT2D eigenvalue weighted by molar-refractivity contribution is 5.96. The van der Waals surface area contributed by atoms with E-state index in [1.165, 1.54) is 0 Å². The summed E-state index contributed by atoms with van der Waals surface area (Å²) < 4.78 is 1.74. The van der Waals surface area contributed by atoms with E-state index in [1.807, 2.05) is 20.0 Å². The van der Waals surface area contributed by atoms with Gasteiger partial charge in [0.15, 0.2) is 5.69 Å². The van der Waals surface area contributed by atoms with Gasteiger partial charge in [-0.1, -0.05) is 20.8 Å². The molecular weight excluding hydrogens is 256 g/mol. The Morgan fingerprint density at radius 2 is 2.25 bits per heavy atom. The number of nitrogens with zero attached hydrogens (tertiary/aromatic N) is 3. The molecule has 6 nitrogen and oxygen atoms in total. The van der Waals surface area contributed by atoms with Crippen molar-refractivity contribution >= 4 is 11.8 Å². The number of nitrogens with one attached hydrogen (secondary N) is 1. The Kier molecular flexibility index (Phi) is 4.11.